The Kier molecular flexibility index (Phi) is 3.25. The minimum atomic E-state index is 0.703. The average molecular weight is 179 g/mol. The Morgan fingerprint density at radius 2 is 2.38 bits per heavy atom. The van der Waals surface area contributed by atoms with E-state index in [-0.39, 0.29) is 0 Å². The fraction of sp³-hybridized carbons (Fsp3) is 0.500. The molecule has 0 aliphatic carbocycles. The molecule has 0 saturated heterocycles. The zero-order valence-corrected chi connectivity index (χ0v) is 8.54. The molecular formula is C10H17N3. The third-order valence-corrected chi connectivity index (χ3v) is 2.11. The number of allylic oxidation sites excluding steroid dienone is 1. The van der Waals surface area contributed by atoms with Gasteiger partial charge in [0.25, 0.3) is 0 Å². The van der Waals surface area contributed by atoms with Crippen molar-refractivity contribution in [2.24, 2.45) is 12.8 Å². The monoisotopic (exact) mass is 179 g/mol. The zero-order valence-electron chi connectivity index (χ0n) is 8.54. The molecule has 0 aliphatic rings. The first kappa shape index (κ1) is 9.99. The molecule has 0 saturated carbocycles. The number of hydrogen-bond donors (Lipinski definition) is 1. The molecule has 0 unspecified atom stereocenters. The van der Waals surface area contributed by atoms with Crippen LogP contribution in [-0.2, 0) is 7.05 Å². The minimum absolute atomic E-state index is 0.703. The van der Waals surface area contributed by atoms with E-state index >= 15 is 0 Å². The summed E-state index contributed by atoms with van der Waals surface area (Å²) >= 11 is 0. The van der Waals surface area contributed by atoms with Crippen LogP contribution in [0.3, 0.4) is 0 Å². The summed E-state index contributed by atoms with van der Waals surface area (Å²) in [4.78, 5) is 0. The third-order valence-electron chi connectivity index (χ3n) is 2.11. The Balaban J connectivity index is 2.93. The lowest BCUT2D eigenvalue weighted by Crippen LogP contribution is -1.99. The van der Waals surface area contributed by atoms with E-state index in [1.807, 2.05) is 17.9 Å². The number of aryl methyl sites for hydroxylation is 2. The zero-order chi connectivity index (χ0) is 9.84. The lowest BCUT2D eigenvalue weighted by molar-refractivity contribution is 0.754. The van der Waals surface area contributed by atoms with E-state index in [0.29, 0.717) is 6.54 Å². The maximum atomic E-state index is 5.44. The van der Waals surface area contributed by atoms with Gasteiger partial charge in [-0.25, -0.2) is 0 Å². The highest BCUT2D eigenvalue weighted by atomic mass is 15.3. The summed E-state index contributed by atoms with van der Waals surface area (Å²) in [6.07, 6.45) is 4.97. The van der Waals surface area contributed by atoms with Gasteiger partial charge in [0.2, 0.25) is 0 Å². The second-order valence-electron chi connectivity index (χ2n) is 3.26. The summed E-state index contributed by atoms with van der Waals surface area (Å²) in [6, 6.07) is 0. The smallest absolute Gasteiger partial charge is 0.0661 e. The summed E-state index contributed by atoms with van der Waals surface area (Å²) in [6.45, 7) is 4.87. The van der Waals surface area contributed by atoms with E-state index in [9.17, 15) is 0 Å². The number of aromatic nitrogens is 2. The summed E-state index contributed by atoms with van der Waals surface area (Å²) in [5.41, 5.74) is 9.11. The van der Waals surface area contributed by atoms with Crippen LogP contribution in [0.4, 0.5) is 0 Å². The van der Waals surface area contributed by atoms with Gasteiger partial charge < -0.3 is 5.73 Å². The van der Waals surface area contributed by atoms with Crippen LogP contribution in [-0.4, -0.2) is 16.3 Å². The maximum absolute atomic E-state index is 5.44. The van der Waals surface area contributed by atoms with Crippen LogP contribution in [0.15, 0.2) is 12.3 Å². The molecule has 0 amide bonds. The second-order valence-corrected chi connectivity index (χ2v) is 3.26. The fourth-order valence-electron chi connectivity index (χ4n) is 1.51. The van der Waals surface area contributed by atoms with Crippen molar-refractivity contribution in [1.82, 2.24) is 9.78 Å². The maximum Gasteiger partial charge on any atom is 0.0661 e. The first-order chi connectivity index (χ1) is 6.16. The molecule has 72 valence electrons. The number of nitrogens with two attached hydrogens (primary N) is 1. The van der Waals surface area contributed by atoms with Crippen molar-refractivity contribution < 1.29 is 0 Å². The van der Waals surface area contributed by atoms with E-state index in [1.165, 1.54) is 16.8 Å². The fourth-order valence-corrected chi connectivity index (χ4v) is 1.51. The van der Waals surface area contributed by atoms with E-state index in [2.05, 4.69) is 25.0 Å². The van der Waals surface area contributed by atoms with Crippen molar-refractivity contribution >= 4 is 5.57 Å². The highest BCUT2D eigenvalue weighted by Gasteiger charge is 2.04. The van der Waals surface area contributed by atoms with Crippen LogP contribution in [0.5, 0.6) is 0 Å². The van der Waals surface area contributed by atoms with Crippen LogP contribution in [0.1, 0.15) is 24.6 Å². The van der Waals surface area contributed by atoms with E-state index in [0.717, 1.165) is 6.42 Å². The highest BCUT2D eigenvalue weighted by Crippen LogP contribution is 2.17. The topological polar surface area (TPSA) is 43.8 Å². The first-order valence-electron chi connectivity index (χ1n) is 4.52. The summed E-state index contributed by atoms with van der Waals surface area (Å²) in [5.74, 6) is 0. The van der Waals surface area contributed by atoms with Gasteiger partial charge in [0.15, 0.2) is 0 Å². The van der Waals surface area contributed by atoms with Crippen LogP contribution >= 0.6 is 0 Å². The number of hydrogen-bond acceptors (Lipinski definition) is 2. The van der Waals surface area contributed by atoms with Crippen molar-refractivity contribution in [3.8, 4) is 0 Å². The van der Waals surface area contributed by atoms with Crippen molar-refractivity contribution in [2.75, 3.05) is 6.54 Å². The molecule has 1 rings (SSSR count). The van der Waals surface area contributed by atoms with Crippen LogP contribution in [0, 0.1) is 6.92 Å². The van der Waals surface area contributed by atoms with Gasteiger partial charge in [-0.2, -0.15) is 5.10 Å². The highest BCUT2D eigenvalue weighted by molar-refractivity contribution is 5.63. The predicted octanol–water partition coefficient (Wildman–Crippen LogP) is 1.48. The minimum Gasteiger partial charge on any atom is -0.330 e. The van der Waals surface area contributed by atoms with E-state index in [4.69, 9.17) is 5.73 Å². The van der Waals surface area contributed by atoms with E-state index < -0.39 is 0 Å². The second kappa shape index (κ2) is 4.23. The molecule has 1 aromatic heterocycles. The van der Waals surface area contributed by atoms with Gasteiger partial charge in [0, 0.05) is 7.05 Å². The molecule has 3 nitrogen and oxygen atoms in total. The molecule has 1 aromatic rings. The lowest BCUT2D eigenvalue weighted by atomic mass is 10.1. The van der Waals surface area contributed by atoms with E-state index in [1.54, 1.807) is 0 Å². The molecule has 0 atom stereocenters. The molecule has 0 aliphatic heterocycles. The van der Waals surface area contributed by atoms with Gasteiger partial charge in [-0.1, -0.05) is 6.08 Å². The summed E-state index contributed by atoms with van der Waals surface area (Å²) < 4.78 is 1.90. The van der Waals surface area contributed by atoms with Gasteiger partial charge >= 0.3 is 0 Å². The molecular weight excluding hydrogens is 162 g/mol. The standard InChI is InChI=1S/C10H17N3/c1-8(5-4-6-11)10-9(2)7-12-13(10)3/h5,7H,4,6,11H2,1-3H3/b8-5+. The van der Waals surface area contributed by atoms with Crippen molar-refractivity contribution in [2.45, 2.75) is 20.3 Å². The number of nitrogens with zero attached hydrogens (tertiary/aromatic N) is 2. The molecule has 3 heteroatoms. The summed E-state index contributed by atoms with van der Waals surface area (Å²) in [5, 5.41) is 4.19. The van der Waals surface area contributed by atoms with Crippen molar-refractivity contribution in [1.29, 1.82) is 0 Å². The van der Waals surface area contributed by atoms with Gasteiger partial charge in [0.05, 0.1) is 11.9 Å². The third kappa shape index (κ3) is 2.18. The van der Waals surface area contributed by atoms with Crippen molar-refractivity contribution in [3.63, 3.8) is 0 Å². The number of rotatable bonds is 3. The SMILES string of the molecule is C/C(=C\CCN)c1c(C)cnn1C. The Labute approximate surface area is 79.2 Å². The predicted molar refractivity (Wildman–Crippen MR) is 55.3 cm³/mol. The van der Waals surface area contributed by atoms with Gasteiger partial charge in [0.1, 0.15) is 0 Å². The molecule has 0 radical (unpaired) electrons. The van der Waals surface area contributed by atoms with Gasteiger partial charge in [-0.15, -0.1) is 0 Å². The quantitative estimate of drug-likeness (QED) is 0.763. The van der Waals surface area contributed by atoms with Gasteiger partial charge in [-0.3, -0.25) is 4.68 Å². The lowest BCUT2D eigenvalue weighted by Gasteiger charge is -2.03. The van der Waals surface area contributed by atoms with Crippen LogP contribution < -0.4 is 5.73 Å². The first-order valence-corrected chi connectivity index (χ1v) is 4.52. The average Bonchev–Trinajstić information content (AvgIpc) is 2.42. The summed E-state index contributed by atoms with van der Waals surface area (Å²) in [7, 11) is 1.96. The molecule has 0 fully saturated rings. The van der Waals surface area contributed by atoms with Gasteiger partial charge in [-0.05, 0) is 37.9 Å². The molecule has 2 N–H and O–H groups in total. The molecule has 0 spiro atoms. The Morgan fingerprint density at radius 3 is 2.85 bits per heavy atom. The van der Waals surface area contributed by atoms with Crippen LogP contribution in [0.2, 0.25) is 0 Å². The molecule has 13 heavy (non-hydrogen) atoms. The van der Waals surface area contributed by atoms with Crippen molar-refractivity contribution in [3.05, 3.63) is 23.5 Å². The molecule has 0 bridgehead atoms. The molecule has 0 aromatic carbocycles. The Morgan fingerprint density at radius 1 is 1.69 bits per heavy atom. The van der Waals surface area contributed by atoms with Crippen LogP contribution in [0.25, 0.3) is 5.57 Å². The largest absolute Gasteiger partial charge is 0.330 e. The Bertz CT molecular complexity index is 290. The Hall–Kier alpha value is -1.09. The molecule has 1 heterocycles. The normalized spacial score (nSPS) is 12.2.